The van der Waals surface area contributed by atoms with Gasteiger partial charge in [-0.05, 0) is 25.5 Å². The number of likely N-dealkylation sites (N-methyl/N-ethyl adjacent to an activating group) is 1. The van der Waals surface area contributed by atoms with Crippen LogP contribution in [0.15, 0.2) is 36.1 Å². The zero-order valence-electron chi connectivity index (χ0n) is 8.88. The predicted molar refractivity (Wildman–Crippen MR) is 58.4 cm³/mol. The summed E-state index contributed by atoms with van der Waals surface area (Å²) in [7, 11) is 0. The van der Waals surface area contributed by atoms with E-state index < -0.39 is 0 Å². The van der Waals surface area contributed by atoms with Gasteiger partial charge in [0.25, 0.3) is 0 Å². The first-order chi connectivity index (χ1) is 6.19. The van der Waals surface area contributed by atoms with Crippen molar-refractivity contribution in [3.05, 3.63) is 36.1 Å². The molecule has 1 nitrogen and oxygen atoms in total. The monoisotopic (exact) mass is 177 g/mol. The maximum Gasteiger partial charge on any atom is 0.0331 e. The molecular formula is C12H19N. The number of hydrogen-bond acceptors (Lipinski definition) is 1. The van der Waals surface area contributed by atoms with Crippen LogP contribution in [0.2, 0.25) is 0 Å². The van der Waals surface area contributed by atoms with Crippen molar-refractivity contribution in [1.82, 2.24) is 4.90 Å². The van der Waals surface area contributed by atoms with E-state index in [1.165, 1.54) is 11.3 Å². The summed E-state index contributed by atoms with van der Waals surface area (Å²) in [5.41, 5.74) is 2.54. The molecule has 13 heavy (non-hydrogen) atoms. The van der Waals surface area contributed by atoms with E-state index in [1.807, 2.05) is 0 Å². The highest BCUT2D eigenvalue weighted by atomic mass is 15.1. The van der Waals surface area contributed by atoms with Gasteiger partial charge in [-0.3, -0.25) is 0 Å². The Morgan fingerprint density at radius 1 is 1.31 bits per heavy atom. The molecule has 0 aromatic rings. The van der Waals surface area contributed by atoms with Crippen LogP contribution in [-0.4, -0.2) is 18.0 Å². The molecule has 1 rings (SSSR count). The first kappa shape index (κ1) is 10.1. The minimum absolute atomic E-state index is 0.487. The van der Waals surface area contributed by atoms with E-state index in [-0.39, 0.29) is 0 Å². The van der Waals surface area contributed by atoms with Crippen LogP contribution in [0, 0.1) is 5.92 Å². The molecule has 1 heteroatoms. The van der Waals surface area contributed by atoms with E-state index in [0.717, 1.165) is 13.1 Å². The second-order valence-corrected chi connectivity index (χ2v) is 3.46. The van der Waals surface area contributed by atoms with Crippen molar-refractivity contribution >= 4 is 0 Å². The third-order valence-corrected chi connectivity index (χ3v) is 2.60. The molecule has 0 saturated carbocycles. The maximum atomic E-state index is 3.99. The molecule has 0 heterocycles. The van der Waals surface area contributed by atoms with Crippen molar-refractivity contribution in [3.63, 3.8) is 0 Å². The van der Waals surface area contributed by atoms with E-state index in [1.54, 1.807) is 0 Å². The lowest BCUT2D eigenvalue weighted by Crippen LogP contribution is -2.22. The molecule has 0 aliphatic heterocycles. The Hall–Kier alpha value is -0.980. The lowest BCUT2D eigenvalue weighted by Gasteiger charge is -2.26. The molecule has 1 unspecified atom stereocenters. The van der Waals surface area contributed by atoms with Gasteiger partial charge >= 0.3 is 0 Å². The molecule has 72 valence electrons. The van der Waals surface area contributed by atoms with Gasteiger partial charge in [-0.1, -0.05) is 25.7 Å². The third kappa shape index (κ3) is 2.24. The van der Waals surface area contributed by atoms with Crippen molar-refractivity contribution in [3.8, 4) is 0 Å². The summed E-state index contributed by atoms with van der Waals surface area (Å²) in [5.74, 6) is 0.487. The third-order valence-electron chi connectivity index (χ3n) is 2.60. The average molecular weight is 177 g/mol. The van der Waals surface area contributed by atoms with Gasteiger partial charge in [0.15, 0.2) is 0 Å². The van der Waals surface area contributed by atoms with Crippen LogP contribution in [0.3, 0.4) is 0 Å². The Morgan fingerprint density at radius 2 is 1.92 bits per heavy atom. The quantitative estimate of drug-likeness (QED) is 0.640. The molecule has 0 fully saturated rings. The first-order valence-corrected chi connectivity index (χ1v) is 5.02. The van der Waals surface area contributed by atoms with Gasteiger partial charge in [0.05, 0.1) is 0 Å². The van der Waals surface area contributed by atoms with Crippen LogP contribution in [0.25, 0.3) is 0 Å². The number of nitrogens with zero attached hydrogens (tertiary/aromatic N) is 1. The summed E-state index contributed by atoms with van der Waals surface area (Å²) in [6.45, 7) is 12.7. The SMILES string of the molecule is C=C1C=CC(N(CC)CC)=CC1C. The zero-order chi connectivity index (χ0) is 9.84. The van der Waals surface area contributed by atoms with Crippen LogP contribution in [0.4, 0.5) is 0 Å². The van der Waals surface area contributed by atoms with E-state index in [4.69, 9.17) is 0 Å². The van der Waals surface area contributed by atoms with Gasteiger partial charge in [0.1, 0.15) is 0 Å². The number of rotatable bonds is 3. The smallest absolute Gasteiger partial charge is 0.0331 e. The topological polar surface area (TPSA) is 3.24 Å². The minimum Gasteiger partial charge on any atom is -0.372 e. The summed E-state index contributed by atoms with van der Waals surface area (Å²) >= 11 is 0. The number of hydrogen-bond donors (Lipinski definition) is 0. The summed E-state index contributed by atoms with van der Waals surface area (Å²) in [4.78, 5) is 2.36. The molecule has 0 aromatic carbocycles. The average Bonchev–Trinajstić information content (AvgIpc) is 2.13. The lowest BCUT2D eigenvalue weighted by atomic mass is 9.96. The molecule has 0 radical (unpaired) electrons. The minimum atomic E-state index is 0.487. The van der Waals surface area contributed by atoms with Gasteiger partial charge in [0.2, 0.25) is 0 Å². The highest BCUT2D eigenvalue weighted by Gasteiger charge is 2.10. The Balaban J connectivity index is 2.77. The highest BCUT2D eigenvalue weighted by Crippen LogP contribution is 2.22. The van der Waals surface area contributed by atoms with E-state index in [2.05, 4.69) is 50.5 Å². The van der Waals surface area contributed by atoms with Crippen molar-refractivity contribution < 1.29 is 0 Å². The molecule has 1 aliphatic carbocycles. The van der Waals surface area contributed by atoms with Crippen molar-refractivity contribution in [2.24, 2.45) is 5.92 Å². The van der Waals surface area contributed by atoms with Crippen LogP contribution in [0.5, 0.6) is 0 Å². The molecule has 1 atom stereocenters. The van der Waals surface area contributed by atoms with Gasteiger partial charge < -0.3 is 4.90 Å². The van der Waals surface area contributed by atoms with Gasteiger partial charge in [-0.2, -0.15) is 0 Å². The molecule has 1 aliphatic rings. The van der Waals surface area contributed by atoms with Gasteiger partial charge in [-0.25, -0.2) is 0 Å². The molecule has 0 bridgehead atoms. The lowest BCUT2D eigenvalue weighted by molar-refractivity contribution is 0.390. The summed E-state index contributed by atoms with van der Waals surface area (Å²) < 4.78 is 0. The Kier molecular flexibility index (Phi) is 3.35. The van der Waals surface area contributed by atoms with Crippen LogP contribution < -0.4 is 0 Å². The van der Waals surface area contributed by atoms with Crippen molar-refractivity contribution in [1.29, 1.82) is 0 Å². The van der Waals surface area contributed by atoms with Crippen LogP contribution in [-0.2, 0) is 0 Å². The van der Waals surface area contributed by atoms with Crippen LogP contribution >= 0.6 is 0 Å². The normalized spacial score (nSPS) is 21.6. The Labute approximate surface area is 81.4 Å². The van der Waals surface area contributed by atoms with Crippen molar-refractivity contribution in [2.75, 3.05) is 13.1 Å². The van der Waals surface area contributed by atoms with E-state index in [9.17, 15) is 0 Å². The predicted octanol–water partition coefficient (Wildman–Crippen LogP) is 2.97. The molecule has 0 saturated heterocycles. The molecule has 0 N–H and O–H groups in total. The first-order valence-electron chi connectivity index (χ1n) is 5.02. The molecule has 0 aromatic heterocycles. The fraction of sp³-hybridized carbons (Fsp3) is 0.500. The van der Waals surface area contributed by atoms with Gasteiger partial charge in [0, 0.05) is 24.7 Å². The fourth-order valence-corrected chi connectivity index (χ4v) is 1.56. The van der Waals surface area contributed by atoms with Crippen molar-refractivity contribution in [2.45, 2.75) is 20.8 Å². The molecule has 0 spiro atoms. The summed E-state index contributed by atoms with van der Waals surface area (Å²) in [5, 5.41) is 0. The van der Waals surface area contributed by atoms with E-state index in [0.29, 0.717) is 5.92 Å². The Bertz CT molecular complexity index is 244. The van der Waals surface area contributed by atoms with E-state index >= 15 is 0 Å². The highest BCUT2D eigenvalue weighted by molar-refractivity contribution is 5.35. The standard InChI is InChI=1S/C12H19N/c1-5-13(6-2)12-8-7-10(3)11(4)9-12/h7-9,11H,3,5-6H2,1-2,4H3. The zero-order valence-corrected chi connectivity index (χ0v) is 8.88. The number of allylic oxidation sites excluding steroid dienone is 4. The Morgan fingerprint density at radius 3 is 2.38 bits per heavy atom. The fourth-order valence-electron chi connectivity index (χ4n) is 1.56. The van der Waals surface area contributed by atoms with Gasteiger partial charge in [-0.15, -0.1) is 0 Å². The largest absolute Gasteiger partial charge is 0.372 e. The molecule has 0 amide bonds. The summed E-state index contributed by atoms with van der Waals surface area (Å²) in [6.07, 6.45) is 6.57. The molecular weight excluding hydrogens is 158 g/mol. The second kappa shape index (κ2) is 4.31. The van der Waals surface area contributed by atoms with Crippen LogP contribution in [0.1, 0.15) is 20.8 Å². The summed E-state index contributed by atoms with van der Waals surface area (Å²) in [6, 6.07) is 0. The second-order valence-electron chi connectivity index (χ2n) is 3.46. The maximum absolute atomic E-state index is 3.99.